The van der Waals surface area contributed by atoms with E-state index in [1.165, 1.54) is 37.9 Å². The van der Waals surface area contributed by atoms with Crippen molar-refractivity contribution in [1.82, 2.24) is 0 Å². The Kier molecular flexibility index (Phi) is 4.15. The molecule has 0 atom stereocenters. The van der Waals surface area contributed by atoms with Crippen molar-refractivity contribution >= 4 is 50.8 Å². The summed E-state index contributed by atoms with van der Waals surface area (Å²) in [6, 6.07) is 36.2. The van der Waals surface area contributed by atoms with Gasteiger partial charge in [-0.2, -0.15) is 0 Å². The van der Waals surface area contributed by atoms with Gasteiger partial charge in [-0.15, -0.1) is 0 Å². The highest BCUT2D eigenvalue weighted by Gasteiger charge is 2.11. The molecule has 31 heavy (non-hydrogen) atoms. The summed E-state index contributed by atoms with van der Waals surface area (Å²) in [5.74, 6) is 0.613. The Morgan fingerprint density at radius 1 is 0.548 bits per heavy atom. The molecule has 0 aromatic heterocycles. The molecule has 0 amide bonds. The summed E-state index contributed by atoms with van der Waals surface area (Å²) in [6.07, 6.45) is 0. The fourth-order valence-electron chi connectivity index (χ4n) is 4.64. The molecule has 0 heterocycles. The van der Waals surface area contributed by atoms with Gasteiger partial charge in [-0.1, -0.05) is 78.9 Å². The van der Waals surface area contributed by atoms with Gasteiger partial charge in [-0.3, -0.25) is 0 Å². The molecule has 6 aromatic rings. The number of benzene rings is 6. The largest absolute Gasteiger partial charge is 0.569 e. The number of hydrogen-bond donors (Lipinski definition) is 1. The van der Waals surface area contributed by atoms with Gasteiger partial charge in [0, 0.05) is 0 Å². The van der Waals surface area contributed by atoms with Gasteiger partial charge in [0.25, 0.3) is 0 Å². The van der Waals surface area contributed by atoms with Crippen molar-refractivity contribution in [2.24, 2.45) is 0 Å². The van der Waals surface area contributed by atoms with Crippen molar-refractivity contribution in [3.63, 3.8) is 0 Å². The Labute approximate surface area is 180 Å². The SMILES string of the molecule is O[B]Oc1ccc2ccc(-c3cc4ccc5ccccc5c4c4ccccc34)cc2c1. The van der Waals surface area contributed by atoms with E-state index in [-0.39, 0.29) is 0 Å². The first-order valence-corrected chi connectivity index (χ1v) is 10.3. The summed E-state index contributed by atoms with van der Waals surface area (Å²) < 4.78 is 5.16. The monoisotopic (exact) mass is 397 g/mol. The zero-order valence-corrected chi connectivity index (χ0v) is 16.7. The first-order chi connectivity index (χ1) is 15.3. The van der Waals surface area contributed by atoms with Crippen LogP contribution in [-0.2, 0) is 0 Å². The van der Waals surface area contributed by atoms with E-state index in [1.54, 1.807) is 0 Å². The van der Waals surface area contributed by atoms with Crippen molar-refractivity contribution in [2.45, 2.75) is 0 Å². The molecule has 0 aliphatic carbocycles. The minimum Gasteiger partial charge on any atom is -0.537 e. The second-order valence-electron chi connectivity index (χ2n) is 7.80. The lowest BCUT2D eigenvalue weighted by Gasteiger charge is -2.14. The molecule has 0 spiro atoms. The van der Waals surface area contributed by atoms with Gasteiger partial charge in [0.15, 0.2) is 0 Å². The van der Waals surface area contributed by atoms with Crippen molar-refractivity contribution in [3.8, 4) is 16.9 Å². The predicted octanol–water partition coefficient (Wildman–Crippen LogP) is 6.87. The quantitative estimate of drug-likeness (QED) is 0.261. The Balaban J connectivity index is 1.66. The second kappa shape index (κ2) is 7.15. The summed E-state index contributed by atoms with van der Waals surface area (Å²) in [5, 5.41) is 18.7. The van der Waals surface area contributed by atoms with Crippen LogP contribution in [0.1, 0.15) is 0 Å². The highest BCUT2D eigenvalue weighted by Crippen LogP contribution is 2.39. The predicted molar refractivity (Wildman–Crippen MR) is 131 cm³/mol. The van der Waals surface area contributed by atoms with Gasteiger partial charge in [0.1, 0.15) is 5.75 Å². The van der Waals surface area contributed by atoms with Gasteiger partial charge in [-0.25, -0.2) is 0 Å². The zero-order chi connectivity index (χ0) is 20.8. The Morgan fingerprint density at radius 2 is 1.26 bits per heavy atom. The van der Waals surface area contributed by atoms with Crippen molar-refractivity contribution in [1.29, 1.82) is 0 Å². The average Bonchev–Trinajstić information content (AvgIpc) is 2.83. The molecule has 0 aliphatic heterocycles. The molecule has 0 fully saturated rings. The fraction of sp³-hybridized carbons (Fsp3) is 0. The Hall–Kier alpha value is -3.82. The third-order valence-corrected chi connectivity index (χ3v) is 6.06. The summed E-state index contributed by atoms with van der Waals surface area (Å²) in [4.78, 5) is 0. The van der Waals surface area contributed by atoms with Crippen LogP contribution in [-0.4, -0.2) is 12.7 Å². The maximum Gasteiger partial charge on any atom is 0.569 e. The van der Waals surface area contributed by atoms with Crippen LogP contribution in [0.5, 0.6) is 5.75 Å². The molecule has 0 aliphatic rings. The van der Waals surface area contributed by atoms with Gasteiger partial charge < -0.3 is 9.68 Å². The van der Waals surface area contributed by atoms with E-state index in [2.05, 4.69) is 84.9 Å². The first kappa shape index (κ1) is 18.0. The van der Waals surface area contributed by atoms with E-state index in [1.807, 2.05) is 18.2 Å². The maximum absolute atomic E-state index is 8.97. The molecule has 1 radical (unpaired) electrons. The zero-order valence-electron chi connectivity index (χ0n) is 16.7. The molecule has 3 heteroatoms. The van der Waals surface area contributed by atoms with Crippen LogP contribution in [0.2, 0.25) is 0 Å². The van der Waals surface area contributed by atoms with E-state index in [9.17, 15) is 0 Å². The molecule has 6 rings (SSSR count). The molecular formula is C28H18BO2. The molecule has 1 N–H and O–H groups in total. The third-order valence-electron chi connectivity index (χ3n) is 6.06. The van der Waals surface area contributed by atoms with Crippen LogP contribution in [0.4, 0.5) is 0 Å². The maximum atomic E-state index is 8.97. The highest BCUT2D eigenvalue weighted by atomic mass is 16.5. The molecule has 0 unspecified atom stereocenters. The average molecular weight is 397 g/mol. The lowest BCUT2D eigenvalue weighted by molar-refractivity contribution is 0.454. The topological polar surface area (TPSA) is 29.5 Å². The minimum absolute atomic E-state index is 0.613. The van der Waals surface area contributed by atoms with E-state index >= 15 is 0 Å². The van der Waals surface area contributed by atoms with Crippen LogP contribution >= 0.6 is 0 Å². The number of hydrogen-bond acceptors (Lipinski definition) is 2. The number of rotatable bonds is 3. The highest BCUT2D eigenvalue weighted by molar-refractivity contribution is 6.23. The van der Waals surface area contributed by atoms with Gasteiger partial charge in [-0.05, 0) is 78.5 Å². The third kappa shape index (κ3) is 2.94. The summed E-state index contributed by atoms with van der Waals surface area (Å²) >= 11 is 0. The van der Waals surface area contributed by atoms with Crippen molar-refractivity contribution < 1.29 is 9.68 Å². The smallest absolute Gasteiger partial charge is 0.537 e. The van der Waals surface area contributed by atoms with Gasteiger partial charge in [0.05, 0.1) is 0 Å². The van der Waals surface area contributed by atoms with Crippen LogP contribution in [0.3, 0.4) is 0 Å². The second-order valence-corrected chi connectivity index (χ2v) is 7.80. The van der Waals surface area contributed by atoms with Crippen LogP contribution in [0.15, 0.2) is 103 Å². The number of fused-ring (bicyclic) bond motifs is 6. The standard InChI is InChI=1S/C28H18BO2/c30-29-31-23-14-13-18-9-11-20(15-22(18)16-23)27-17-21-12-10-19-5-1-2-6-24(19)28(21)26-8-4-3-7-25(26)27/h1-17,30H. The normalized spacial score (nSPS) is 11.4. The first-order valence-electron chi connectivity index (χ1n) is 10.3. The lowest BCUT2D eigenvalue weighted by atomic mass is 9.90. The molecule has 2 nitrogen and oxygen atoms in total. The molecule has 0 saturated carbocycles. The van der Waals surface area contributed by atoms with Crippen LogP contribution in [0, 0.1) is 0 Å². The summed E-state index contributed by atoms with van der Waals surface area (Å²) in [7, 11) is 0.714. The van der Waals surface area contributed by atoms with E-state index < -0.39 is 0 Å². The molecule has 6 aromatic carbocycles. The minimum atomic E-state index is 0.613. The van der Waals surface area contributed by atoms with E-state index in [0.29, 0.717) is 13.4 Å². The summed E-state index contributed by atoms with van der Waals surface area (Å²) in [6.45, 7) is 0. The fourth-order valence-corrected chi connectivity index (χ4v) is 4.64. The van der Waals surface area contributed by atoms with Crippen molar-refractivity contribution in [2.75, 3.05) is 0 Å². The summed E-state index contributed by atoms with van der Waals surface area (Å²) in [5.41, 5.74) is 2.37. The Morgan fingerprint density at radius 3 is 2.13 bits per heavy atom. The van der Waals surface area contributed by atoms with Gasteiger partial charge >= 0.3 is 7.69 Å². The van der Waals surface area contributed by atoms with Crippen LogP contribution < -0.4 is 4.65 Å². The van der Waals surface area contributed by atoms with Crippen molar-refractivity contribution in [3.05, 3.63) is 103 Å². The molecule has 0 saturated heterocycles. The molecule has 145 valence electrons. The van der Waals surface area contributed by atoms with E-state index in [4.69, 9.17) is 9.68 Å². The Bertz CT molecular complexity index is 1600. The van der Waals surface area contributed by atoms with Crippen LogP contribution in [0.25, 0.3) is 54.2 Å². The van der Waals surface area contributed by atoms with E-state index in [0.717, 1.165) is 16.3 Å². The molecular weight excluding hydrogens is 379 g/mol. The van der Waals surface area contributed by atoms with Gasteiger partial charge in [0.2, 0.25) is 0 Å². The lowest BCUT2D eigenvalue weighted by Crippen LogP contribution is -1.99. The molecule has 0 bridgehead atoms.